The standard InChI is InChI=1S/C22H15FN4O6S/c1-2-33-22(30)18-14-11-34-20(24-19(28)12-7-9-13(10-8-12)27(31)32)17(14)21(29)26(25-18)16-6-4-3-5-15(16)23/h3-11H,2H2,1H3,(H,24,28). The van der Waals surface area contributed by atoms with Crippen LogP contribution >= 0.6 is 11.3 Å². The molecule has 172 valence electrons. The van der Waals surface area contributed by atoms with E-state index in [4.69, 9.17) is 4.74 Å². The highest BCUT2D eigenvalue weighted by molar-refractivity contribution is 7.16. The number of hydrogen-bond donors (Lipinski definition) is 1. The van der Waals surface area contributed by atoms with E-state index in [1.807, 2.05) is 0 Å². The number of carbonyl (C=O) groups is 2. The first-order chi connectivity index (χ1) is 16.3. The number of para-hydroxylation sites is 1. The smallest absolute Gasteiger partial charge is 0.359 e. The fraction of sp³-hybridized carbons (Fsp3) is 0.0909. The number of esters is 1. The minimum absolute atomic E-state index is 0.0503. The minimum Gasteiger partial charge on any atom is -0.461 e. The number of halogens is 1. The van der Waals surface area contributed by atoms with E-state index >= 15 is 0 Å². The van der Waals surface area contributed by atoms with E-state index in [9.17, 15) is 28.9 Å². The molecule has 0 saturated heterocycles. The normalized spacial score (nSPS) is 10.8. The van der Waals surface area contributed by atoms with Crippen LogP contribution in [0.1, 0.15) is 27.8 Å². The molecule has 0 unspecified atom stereocenters. The number of amides is 1. The number of hydrogen-bond acceptors (Lipinski definition) is 8. The summed E-state index contributed by atoms with van der Waals surface area (Å²) in [5, 5.41) is 19.1. The number of carbonyl (C=O) groups excluding carboxylic acids is 2. The molecule has 4 rings (SSSR count). The van der Waals surface area contributed by atoms with Gasteiger partial charge in [0.25, 0.3) is 17.2 Å². The van der Waals surface area contributed by atoms with E-state index in [1.165, 1.54) is 47.8 Å². The molecule has 12 heteroatoms. The Balaban J connectivity index is 1.84. The fourth-order valence-electron chi connectivity index (χ4n) is 3.19. The molecule has 2 heterocycles. The number of nitrogens with zero attached hydrogens (tertiary/aromatic N) is 3. The number of thiophene rings is 1. The lowest BCUT2D eigenvalue weighted by molar-refractivity contribution is -0.384. The van der Waals surface area contributed by atoms with Crippen LogP contribution in [0.15, 0.2) is 58.7 Å². The summed E-state index contributed by atoms with van der Waals surface area (Å²) in [6, 6.07) is 10.3. The summed E-state index contributed by atoms with van der Waals surface area (Å²) in [5.74, 6) is -2.19. The number of fused-ring (bicyclic) bond motifs is 1. The van der Waals surface area contributed by atoms with Crippen molar-refractivity contribution in [1.82, 2.24) is 9.78 Å². The third-order valence-corrected chi connectivity index (χ3v) is 5.66. The number of anilines is 1. The van der Waals surface area contributed by atoms with E-state index in [2.05, 4.69) is 10.4 Å². The van der Waals surface area contributed by atoms with E-state index in [0.717, 1.165) is 22.1 Å². The van der Waals surface area contributed by atoms with E-state index < -0.39 is 28.2 Å². The van der Waals surface area contributed by atoms with Gasteiger partial charge in [0.2, 0.25) is 0 Å². The predicted octanol–water partition coefficient (Wildman–Crippen LogP) is 3.92. The first-order valence-electron chi connectivity index (χ1n) is 9.84. The summed E-state index contributed by atoms with van der Waals surface area (Å²) in [4.78, 5) is 48.8. The molecule has 0 aliphatic carbocycles. The average molecular weight is 482 g/mol. The van der Waals surface area contributed by atoms with Crippen LogP contribution in [-0.4, -0.2) is 33.2 Å². The van der Waals surface area contributed by atoms with Crippen LogP contribution in [0.3, 0.4) is 0 Å². The molecule has 1 amide bonds. The molecule has 0 atom stereocenters. The summed E-state index contributed by atoms with van der Waals surface area (Å²) in [6.45, 7) is 1.65. The van der Waals surface area contributed by atoms with Gasteiger partial charge in [-0.15, -0.1) is 11.3 Å². The molecule has 0 aliphatic rings. The predicted molar refractivity (Wildman–Crippen MR) is 122 cm³/mol. The first-order valence-corrected chi connectivity index (χ1v) is 10.7. The zero-order valence-corrected chi connectivity index (χ0v) is 18.3. The Labute approximate surface area is 194 Å². The van der Waals surface area contributed by atoms with Gasteiger partial charge in [-0.05, 0) is 31.2 Å². The molecule has 34 heavy (non-hydrogen) atoms. The number of ether oxygens (including phenoxy) is 1. The lowest BCUT2D eigenvalue weighted by Crippen LogP contribution is -2.26. The van der Waals surface area contributed by atoms with Crippen LogP contribution in [0.2, 0.25) is 0 Å². The molecule has 0 saturated carbocycles. The van der Waals surface area contributed by atoms with Crippen LogP contribution in [0.4, 0.5) is 15.1 Å². The molecule has 2 aromatic carbocycles. The van der Waals surface area contributed by atoms with Crippen molar-refractivity contribution in [2.45, 2.75) is 6.92 Å². The summed E-state index contributed by atoms with van der Waals surface area (Å²) in [5.41, 5.74) is -1.23. The van der Waals surface area contributed by atoms with Crippen molar-refractivity contribution in [2.75, 3.05) is 11.9 Å². The maximum Gasteiger partial charge on any atom is 0.359 e. The molecule has 0 radical (unpaired) electrons. The van der Waals surface area contributed by atoms with Crippen LogP contribution in [0.25, 0.3) is 16.5 Å². The Morgan fingerprint density at radius 1 is 1.21 bits per heavy atom. The van der Waals surface area contributed by atoms with Crippen molar-refractivity contribution in [3.8, 4) is 5.69 Å². The van der Waals surface area contributed by atoms with Gasteiger partial charge in [0.15, 0.2) is 5.69 Å². The van der Waals surface area contributed by atoms with Gasteiger partial charge in [-0.25, -0.2) is 9.18 Å². The maximum absolute atomic E-state index is 14.5. The molecular weight excluding hydrogens is 467 g/mol. The van der Waals surface area contributed by atoms with Crippen molar-refractivity contribution in [3.05, 3.63) is 91.5 Å². The van der Waals surface area contributed by atoms with Crippen molar-refractivity contribution < 1.29 is 23.6 Å². The topological polar surface area (TPSA) is 133 Å². The van der Waals surface area contributed by atoms with Gasteiger partial charge in [0, 0.05) is 28.5 Å². The molecule has 0 aliphatic heterocycles. The molecule has 0 fully saturated rings. The Morgan fingerprint density at radius 3 is 2.56 bits per heavy atom. The van der Waals surface area contributed by atoms with E-state index in [-0.39, 0.29) is 45.0 Å². The lowest BCUT2D eigenvalue weighted by atomic mass is 10.2. The number of nitrogens with one attached hydrogen (secondary N) is 1. The second-order valence-electron chi connectivity index (χ2n) is 6.85. The summed E-state index contributed by atoms with van der Waals surface area (Å²) in [6.07, 6.45) is 0. The lowest BCUT2D eigenvalue weighted by Gasteiger charge is -2.10. The highest BCUT2D eigenvalue weighted by Gasteiger charge is 2.24. The van der Waals surface area contributed by atoms with Crippen LogP contribution in [0, 0.1) is 15.9 Å². The average Bonchev–Trinajstić information content (AvgIpc) is 3.24. The second-order valence-corrected chi connectivity index (χ2v) is 7.73. The monoisotopic (exact) mass is 482 g/mol. The quantitative estimate of drug-likeness (QED) is 0.250. The van der Waals surface area contributed by atoms with Crippen LogP contribution in [0.5, 0.6) is 0 Å². The zero-order chi connectivity index (χ0) is 24.4. The number of aromatic nitrogens is 2. The summed E-state index contributed by atoms with van der Waals surface area (Å²) < 4.78 is 20.2. The van der Waals surface area contributed by atoms with Crippen molar-refractivity contribution >= 4 is 44.7 Å². The molecular formula is C22H15FN4O6S. The minimum atomic E-state index is -0.816. The highest BCUT2D eigenvalue weighted by atomic mass is 32.1. The van der Waals surface area contributed by atoms with Gasteiger partial charge in [-0.3, -0.25) is 19.7 Å². The Hall–Kier alpha value is -4.45. The van der Waals surface area contributed by atoms with Gasteiger partial charge in [0.1, 0.15) is 16.5 Å². The van der Waals surface area contributed by atoms with E-state index in [0.29, 0.717) is 0 Å². The number of benzene rings is 2. The number of nitro benzene ring substituents is 1. The Kier molecular flexibility index (Phi) is 6.15. The van der Waals surface area contributed by atoms with E-state index in [1.54, 1.807) is 6.92 Å². The molecule has 0 spiro atoms. The SMILES string of the molecule is CCOC(=O)c1nn(-c2ccccc2F)c(=O)c2c(NC(=O)c3ccc([N+](=O)[O-])cc3)scc12. The van der Waals surface area contributed by atoms with Gasteiger partial charge in [-0.1, -0.05) is 12.1 Å². The third kappa shape index (κ3) is 4.13. The number of non-ortho nitro benzene ring substituents is 1. The van der Waals surface area contributed by atoms with Crippen molar-refractivity contribution in [1.29, 1.82) is 0 Å². The number of rotatable bonds is 6. The molecule has 1 N–H and O–H groups in total. The molecule has 2 aromatic heterocycles. The summed E-state index contributed by atoms with van der Waals surface area (Å²) >= 11 is 0.971. The summed E-state index contributed by atoms with van der Waals surface area (Å²) in [7, 11) is 0. The Morgan fingerprint density at radius 2 is 1.91 bits per heavy atom. The molecule has 4 aromatic rings. The van der Waals surface area contributed by atoms with Gasteiger partial charge in [-0.2, -0.15) is 9.78 Å². The highest BCUT2D eigenvalue weighted by Crippen LogP contribution is 2.31. The van der Waals surface area contributed by atoms with Gasteiger partial charge in [0.05, 0.1) is 16.9 Å². The first kappa shape index (κ1) is 22.7. The molecule has 0 bridgehead atoms. The molecule has 10 nitrogen and oxygen atoms in total. The largest absolute Gasteiger partial charge is 0.461 e. The van der Waals surface area contributed by atoms with Gasteiger partial charge < -0.3 is 10.1 Å². The number of nitro groups is 1. The maximum atomic E-state index is 14.5. The second kappa shape index (κ2) is 9.19. The Bertz CT molecular complexity index is 1500. The third-order valence-electron chi connectivity index (χ3n) is 4.77. The van der Waals surface area contributed by atoms with Gasteiger partial charge >= 0.3 is 5.97 Å². The zero-order valence-electron chi connectivity index (χ0n) is 17.5. The van der Waals surface area contributed by atoms with Crippen LogP contribution < -0.4 is 10.9 Å². The van der Waals surface area contributed by atoms with Crippen LogP contribution in [-0.2, 0) is 4.74 Å². The van der Waals surface area contributed by atoms with Crippen molar-refractivity contribution in [3.63, 3.8) is 0 Å². The van der Waals surface area contributed by atoms with Crippen molar-refractivity contribution in [2.24, 2.45) is 0 Å². The fourth-order valence-corrected chi connectivity index (χ4v) is 4.12.